The molecule has 22 heavy (non-hydrogen) atoms. The molecular formula is C18H19NO3. The molecule has 2 N–H and O–H groups in total. The number of nitrogens with one attached hydrogen (secondary N) is 1. The molecule has 0 aliphatic rings. The summed E-state index contributed by atoms with van der Waals surface area (Å²) in [6, 6.07) is 16.9. The molecule has 0 amide bonds. The van der Waals surface area contributed by atoms with Crippen molar-refractivity contribution in [2.24, 2.45) is 0 Å². The Labute approximate surface area is 129 Å². The zero-order valence-corrected chi connectivity index (χ0v) is 12.3. The molecule has 0 unspecified atom stereocenters. The van der Waals surface area contributed by atoms with Crippen molar-refractivity contribution < 1.29 is 14.7 Å². The van der Waals surface area contributed by atoms with Gasteiger partial charge in [0.15, 0.2) is 5.78 Å². The second-order valence-electron chi connectivity index (χ2n) is 5.09. The van der Waals surface area contributed by atoms with E-state index in [1.165, 1.54) is 0 Å². The molecule has 114 valence electrons. The Morgan fingerprint density at radius 3 is 2.27 bits per heavy atom. The lowest BCUT2D eigenvalue weighted by molar-refractivity contribution is -0.137. The molecule has 0 spiro atoms. The Hall–Kier alpha value is -2.62. The number of aryl methyl sites for hydroxylation is 1. The number of carbonyl (C=O) groups excluding carboxylic acids is 1. The molecule has 4 heteroatoms. The Kier molecular flexibility index (Phi) is 5.72. The second-order valence-corrected chi connectivity index (χ2v) is 5.09. The van der Waals surface area contributed by atoms with Crippen LogP contribution in [0.1, 0.15) is 28.8 Å². The minimum atomic E-state index is -0.766. The maximum Gasteiger partial charge on any atom is 0.303 e. The van der Waals surface area contributed by atoms with Crippen molar-refractivity contribution in [3.63, 3.8) is 0 Å². The fourth-order valence-electron chi connectivity index (χ4n) is 2.14. The number of Topliss-reactive ketones (excluding diaryl/α,β-unsaturated/α-hetero) is 1. The molecule has 0 aliphatic carbocycles. The molecule has 0 saturated heterocycles. The molecule has 0 atom stereocenters. The highest BCUT2D eigenvalue weighted by Gasteiger charge is 2.04. The van der Waals surface area contributed by atoms with Crippen molar-refractivity contribution in [1.29, 1.82) is 0 Å². The monoisotopic (exact) mass is 297 g/mol. The van der Waals surface area contributed by atoms with Crippen LogP contribution in [-0.2, 0) is 11.2 Å². The summed E-state index contributed by atoms with van der Waals surface area (Å²) < 4.78 is 0. The van der Waals surface area contributed by atoms with Gasteiger partial charge in [0, 0.05) is 17.7 Å². The summed E-state index contributed by atoms with van der Waals surface area (Å²) >= 11 is 0. The minimum absolute atomic E-state index is 0.0473. The topological polar surface area (TPSA) is 66.4 Å². The quantitative estimate of drug-likeness (QED) is 0.733. The Balaban J connectivity index is 1.81. The van der Waals surface area contributed by atoms with Crippen LogP contribution in [0.2, 0.25) is 0 Å². The summed E-state index contributed by atoms with van der Waals surface area (Å²) in [6.07, 6.45) is 1.57. The van der Waals surface area contributed by atoms with Crippen molar-refractivity contribution in [2.45, 2.75) is 19.3 Å². The number of benzene rings is 2. The van der Waals surface area contributed by atoms with Gasteiger partial charge >= 0.3 is 5.97 Å². The second kappa shape index (κ2) is 7.98. The molecule has 0 bridgehead atoms. The Morgan fingerprint density at radius 1 is 0.955 bits per heavy atom. The van der Waals surface area contributed by atoms with Gasteiger partial charge in [0.25, 0.3) is 0 Å². The first kappa shape index (κ1) is 15.8. The molecule has 2 aromatic rings. The van der Waals surface area contributed by atoms with Gasteiger partial charge in [-0.15, -0.1) is 0 Å². The first-order valence-corrected chi connectivity index (χ1v) is 7.28. The third-order valence-electron chi connectivity index (χ3n) is 3.36. The first-order chi connectivity index (χ1) is 10.6. The SMILES string of the molecule is O=C(O)CCCc1ccc(NCC(=O)c2ccccc2)cc1. The maximum absolute atomic E-state index is 12.0. The third-order valence-corrected chi connectivity index (χ3v) is 3.36. The maximum atomic E-state index is 12.0. The summed E-state index contributed by atoms with van der Waals surface area (Å²) in [5.74, 6) is -0.719. The number of rotatable bonds is 8. The molecule has 0 aromatic heterocycles. The van der Waals surface area contributed by atoms with Crippen LogP contribution in [0.5, 0.6) is 0 Å². The standard InChI is InChI=1S/C18H19NO3/c20-17(15-6-2-1-3-7-15)13-19-16-11-9-14(10-12-16)5-4-8-18(21)22/h1-3,6-7,9-12,19H,4-5,8,13H2,(H,21,22). The highest BCUT2D eigenvalue weighted by Crippen LogP contribution is 2.12. The van der Waals surface area contributed by atoms with E-state index in [0.717, 1.165) is 17.7 Å². The van der Waals surface area contributed by atoms with E-state index >= 15 is 0 Å². The number of hydrogen-bond acceptors (Lipinski definition) is 3. The van der Waals surface area contributed by atoms with E-state index in [9.17, 15) is 9.59 Å². The average Bonchev–Trinajstić information content (AvgIpc) is 2.54. The van der Waals surface area contributed by atoms with Gasteiger partial charge in [0.2, 0.25) is 0 Å². The van der Waals surface area contributed by atoms with Crippen molar-refractivity contribution in [1.82, 2.24) is 0 Å². The van der Waals surface area contributed by atoms with Crippen LogP contribution in [0.15, 0.2) is 54.6 Å². The largest absolute Gasteiger partial charge is 0.481 e. The van der Waals surface area contributed by atoms with Crippen LogP contribution >= 0.6 is 0 Å². The number of carbonyl (C=O) groups is 2. The lowest BCUT2D eigenvalue weighted by Crippen LogP contribution is -2.13. The molecule has 2 aromatic carbocycles. The Morgan fingerprint density at radius 2 is 1.64 bits per heavy atom. The van der Waals surface area contributed by atoms with Crippen molar-refractivity contribution in [3.8, 4) is 0 Å². The summed E-state index contributed by atoms with van der Waals surface area (Å²) in [5, 5.41) is 11.7. The molecule has 0 radical (unpaired) electrons. The van der Waals surface area contributed by atoms with Crippen LogP contribution in [0.3, 0.4) is 0 Å². The van der Waals surface area contributed by atoms with Crippen LogP contribution in [-0.4, -0.2) is 23.4 Å². The smallest absolute Gasteiger partial charge is 0.303 e. The summed E-state index contributed by atoms with van der Waals surface area (Å²) in [7, 11) is 0. The Bertz CT molecular complexity index is 621. The van der Waals surface area contributed by atoms with Gasteiger partial charge in [-0.3, -0.25) is 9.59 Å². The van der Waals surface area contributed by atoms with Crippen LogP contribution in [0, 0.1) is 0 Å². The predicted molar refractivity (Wildman–Crippen MR) is 86.3 cm³/mol. The highest BCUT2D eigenvalue weighted by molar-refractivity contribution is 5.98. The van der Waals surface area contributed by atoms with Gasteiger partial charge in [0.1, 0.15) is 0 Å². The van der Waals surface area contributed by atoms with Gasteiger partial charge in [-0.1, -0.05) is 42.5 Å². The van der Waals surface area contributed by atoms with E-state index in [2.05, 4.69) is 5.32 Å². The molecule has 2 rings (SSSR count). The first-order valence-electron chi connectivity index (χ1n) is 7.28. The average molecular weight is 297 g/mol. The van der Waals surface area contributed by atoms with E-state index in [-0.39, 0.29) is 18.7 Å². The molecule has 4 nitrogen and oxygen atoms in total. The molecular weight excluding hydrogens is 278 g/mol. The zero-order chi connectivity index (χ0) is 15.8. The van der Waals surface area contributed by atoms with Gasteiger partial charge in [-0.2, -0.15) is 0 Å². The lowest BCUT2D eigenvalue weighted by atomic mass is 10.1. The third kappa shape index (κ3) is 5.05. The number of ketones is 1. The van der Waals surface area contributed by atoms with E-state index < -0.39 is 5.97 Å². The highest BCUT2D eigenvalue weighted by atomic mass is 16.4. The van der Waals surface area contributed by atoms with E-state index in [4.69, 9.17) is 5.11 Å². The number of carboxylic acid groups (broad SMARTS) is 1. The van der Waals surface area contributed by atoms with Crippen molar-refractivity contribution >= 4 is 17.4 Å². The van der Waals surface area contributed by atoms with Crippen LogP contribution < -0.4 is 5.32 Å². The number of aliphatic carboxylic acids is 1. The predicted octanol–water partition coefficient (Wildman–Crippen LogP) is 3.39. The van der Waals surface area contributed by atoms with Gasteiger partial charge in [-0.05, 0) is 30.5 Å². The lowest BCUT2D eigenvalue weighted by Gasteiger charge is -2.07. The summed E-state index contributed by atoms with van der Waals surface area (Å²) in [6.45, 7) is 0.252. The van der Waals surface area contributed by atoms with Crippen molar-refractivity contribution in [3.05, 3.63) is 65.7 Å². The number of carboxylic acids is 1. The summed E-state index contributed by atoms with van der Waals surface area (Å²) in [5.41, 5.74) is 2.67. The number of anilines is 1. The number of hydrogen-bond donors (Lipinski definition) is 2. The molecule has 0 aliphatic heterocycles. The van der Waals surface area contributed by atoms with Gasteiger partial charge in [-0.25, -0.2) is 0 Å². The molecule has 0 saturated carbocycles. The van der Waals surface area contributed by atoms with Crippen molar-refractivity contribution in [2.75, 3.05) is 11.9 Å². The normalized spacial score (nSPS) is 10.2. The van der Waals surface area contributed by atoms with E-state index in [1.54, 1.807) is 12.1 Å². The fraction of sp³-hybridized carbons (Fsp3) is 0.222. The van der Waals surface area contributed by atoms with E-state index in [0.29, 0.717) is 12.0 Å². The van der Waals surface area contributed by atoms with Gasteiger partial charge < -0.3 is 10.4 Å². The zero-order valence-electron chi connectivity index (χ0n) is 12.3. The van der Waals surface area contributed by atoms with E-state index in [1.807, 2.05) is 42.5 Å². The molecule has 0 fully saturated rings. The fourth-order valence-corrected chi connectivity index (χ4v) is 2.14. The van der Waals surface area contributed by atoms with Crippen LogP contribution in [0.4, 0.5) is 5.69 Å². The summed E-state index contributed by atoms with van der Waals surface area (Å²) in [4.78, 5) is 22.4. The van der Waals surface area contributed by atoms with Crippen LogP contribution in [0.25, 0.3) is 0 Å². The van der Waals surface area contributed by atoms with Gasteiger partial charge in [0.05, 0.1) is 6.54 Å². The molecule has 0 heterocycles. The minimum Gasteiger partial charge on any atom is -0.481 e.